The zero-order valence-corrected chi connectivity index (χ0v) is 17.7. The molecule has 9 nitrogen and oxygen atoms in total. The van der Waals surface area contributed by atoms with E-state index in [1.165, 1.54) is 10.9 Å². The van der Waals surface area contributed by atoms with Gasteiger partial charge in [-0.25, -0.2) is 10.1 Å². The molecule has 0 radical (unpaired) electrons. The van der Waals surface area contributed by atoms with Gasteiger partial charge in [0.2, 0.25) is 0 Å². The second kappa shape index (κ2) is 10.0. The molecule has 0 unspecified atom stereocenters. The number of amides is 1. The van der Waals surface area contributed by atoms with Crippen molar-refractivity contribution in [2.75, 3.05) is 7.11 Å². The Bertz CT molecular complexity index is 1340. The molecule has 164 valence electrons. The van der Waals surface area contributed by atoms with E-state index in [9.17, 15) is 9.59 Å². The summed E-state index contributed by atoms with van der Waals surface area (Å²) in [6.45, 7) is 0. The van der Waals surface area contributed by atoms with Crippen LogP contribution in [-0.4, -0.2) is 29.0 Å². The van der Waals surface area contributed by atoms with Crippen LogP contribution in [0.15, 0.2) is 105 Å². The predicted molar refractivity (Wildman–Crippen MR) is 125 cm³/mol. The molecule has 0 aliphatic carbocycles. The second-order valence-electron chi connectivity index (χ2n) is 6.81. The Morgan fingerprint density at radius 2 is 1.61 bits per heavy atom. The monoisotopic (exact) mass is 440 g/mol. The first-order valence-corrected chi connectivity index (χ1v) is 10.0. The molecule has 1 amide bonds. The average Bonchev–Trinajstić information content (AvgIpc) is 3.18. The van der Waals surface area contributed by atoms with Crippen molar-refractivity contribution in [3.05, 3.63) is 107 Å². The molecule has 2 N–H and O–H groups in total. The predicted octanol–water partition coefficient (Wildman–Crippen LogP) is 4.35. The Morgan fingerprint density at radius 3 is 2.27 bits per heavy atom. The molecule has 0 spiro atoms. The van der Waals surface area contributed by atoms with E-state index in [1.807, 2.05) is 36.4 Å². The van der Waals surface area contributed by atoms with Crippen LogP contribution in [0.4, 0.5) is 11.4 Å². The third-order valence-corrected chi connectivity index (χ3v) is 4.64. The van der Waals surface area contributed by atoms with E-state index in [0.29, 0.717) is 28.4 Å². The van der Waals surface area contributed by atoms with Gasteiger partial charge in [0.25, 0.3) is 11.5 Å². The van der Waals surface area contributed by atoms with Gasteiger partial charge in [-0.15, -0.1) is 5.11 Å². The van der Waals surface area contributed by atoms with Crippen molar-refractivity contribution in [3.8, 4) is 11.4 Å². The number of azo groups is 1. The minimum Gasteiger partial charge on any atom is -0.497 e. The van der Waals surface area contributed by atoms with Crippen LogP contribution in [0.2, 0.25) is 0 Å². The highest BCUT2D eigenvalue weighted by molar-refractivity contribution is 5.95. The maximum atomic E-state index is 13.0. The molecule has 0 saturated heterocycles. The van der Waals surface area contributed by atoms with Crippen molar-refractivity contribution in [2.45, 2.75) is 0 Å². The first-order valence-electron chi connectivity index (χ1n) is 10.0. The first-order chi connectivity index (χ1) is 16.2. The molecule has 0 aliphatic heterocycles. The molecule has 0 aliphatic rings. The molecular weight excluding hydrogens is 420 g/mol. The molecule has 1 heterocycles. The molecule has 0 fully saturated rings. The smallest absolute Gasteiger partial charge is 0.299 e. The zero-order valence-electron chi connectivity index (χ0n) is 17.7. The summed E-state index contributed by atoms with van der Waals surface area (Å²) in [6, 6.07) is 24.7. The van der Waals surface area contributed by atoms with Gasteiger partial charge >= 0.3 is 0 Å². The lowest BCUT2D eigenvalue weighted by Crippen LogP contribution is -2.17. The number of hydrogen-bond acceptors (Lipinski definition) is 6. The standard InChI is InChI=1S/C24H20N6O3/c1-33-20-14-12-17(13-15-20)23(31)28-25-16-21-22(27-26-18-8-4-2-5-9-18)24(32)30(29-21)19-10-6-3-7-11-19/h2-16,29H,1H3,(H,28,31)/b25-16+,27-26?. The Hall–Kier alpha value is -4.79. The Kier molecular flexibility index (Phi) is 6.51. The number of methoxy groups -OCH3 is 1. The quantitative estimate of drug-likeness (QED) is 0.253. The van der Waals surface area contributed by atoms with Crippen molar-refractivity contribution in [1.82, 2.24) is 15.2 Å². The van der Waals surface area contributed by atoms with Crippen molar-refractivity contribution < 1.29 is 9.53 Å². The van der Waals surface area contributed by atoms with Crippen molar-refractivity contribution in [1.29, 1.82) is 0 Å². The zero-order chi connectivity index (χ0) is 23.0. The third-order valence-electron chi connectivity index (χ3n) is 4.64. The third kappa shape index (κ3) is 5.10. The number of nitrogens with zero attached hydrogens (tertiary/aromatic N) is 4. The number of benzene rings is 3. The van der Waals surface area contributed by atoms with Gasteiger partial charge in [-0.3, -0.25) is 14.7 Å². The number of aromatic nitrogens is 2. The van der Waals surface area contributed by atoms with Gasteiger partial charge in [0.1, 0.15) is 11.4 Å². The van der Waals surface area contributed by atoms with Crippen molar-refractivity contribution >= 4 is 23.5 Å². The maximum absolute atomic E-state index is 13.0. The van der Waals surface area contributed by atoms with Crippen LogP contribution in [-0.2, 0) is 0 Å². The summed E-state index contributed by atoms with van der Waals surface area (Å²) in [5.41, 5.74) is 4.02. The molecule has 4 aromatic rings. The number of rotatable bonds is 7. The summed E-state index contributed by atoms with van der Waals surface area (Å²) < 4.78 is 6.43. The Labute approximate surface area is 189 Å². The fourth-order valence-corrected chi connectivity index (χ4v) is 2.96. The van der Waals surface area contributed by atoms with E-state index in [-0.39, 0.29) is 5.69 Å². The lowest BCUT2D eigenvalue weighted by molar-refractivity contribution is 0.0955. The Morgan fingerprint density at radius 1 is 0.939 bits per heavy atom. The van der Waals surface area contributed by atoms with Gasteiger partial charge in [-0.05, 0) is 48.5 Å². The average molecular weight is 440 g/mol. The number of para-hydroxylation sites is 1. The molecular formula is C24H20N6O3. The number of hydrazone groups is 1. The van der Waals surface area contributed by atoms with Crippen LogP contribution in [0.25, 0.3) is 5.69 Å². The van der Waals surface area contributed by atoms with Gasteiger partial charge in [-0.2, -0.15) is 10.2 Å². The highest BCUT2D eigenvalue weighted by Gasteiger charge is 2.14. The van der Waals surface area contributed by atoms with E-state index in [4.69, 9.17) is 4.74 Å². The summed E-state index contributed by atoms with van der Waals surface area (Å²) in [4.78, 5) is 25.3. The minimum absolute atomic E-state index is 0.0603. The summed E-state index contributed by atoms with van der Waals surface area (Å²) in [6.07, 6.45) is 1.32. The number of ether oxygens (including phenoxy) is 1. The molecule has 3 aromatic carbocycles. The molecule has 1 aromatic heterocycles. The van der Waals surface area contributed by atoms with Crippen LogP contribution in [0.3, 0.4) is 0 Å². The highest BCUT2D eigenvalue weighted by Crippen LogP contribution is 2.18. The van der Waals surface area contributed by atoms with Crippen molar-refractivity contribution in [3.63, 3.8) is 0 Å². The van der Waals surface area contributed by atoms with Crippen molar-refractivity contribution in [2.24, 2.45) is 15.3 Å². The fraction of sp³-hybridized carbons (Fsp3) is 0.0417. The summed E-state index contributed by atoms with van der Waals surface area (Å²) in [5.74, 6) is 0.231. The van der Waals surface area contributed by atoms with Gasteiger partial charge < -0.3 is 4.74 Å². The fourth-order valence-electron chi connectivity index (χ4n) is 2.96. The summed E-state index contributed by atoms with van der Waals surface area (Å²) >= 11 is 0. The van der Waals surface area contributed by atoms with Gasteiger partial charge in [0.15, 0.2) is 5.69 Å². The number of hydrogen-bond donors (Lipinski definition) is 2. The Balaban J connectivity index is 1.62. The molecule has 0 saturated carbocycles. The van der Waals surface area contributed by atoms with Crippen LogP contribution < -0.4 is 15.7 Å². The van der Waals surface area contributed by atoms with Gasteiger partial charge in [0.05, 0.1) is 24.7 Å². The highest BCUT2D eigenvalue weighted by atomic mass is 16.5. The van der Waals surface area contributed by atoms with Crippen LogP contribution in [0, 0.1) is 0 Å². The van der Waals surface area contributed by atoms with Crippen LogP contribution in [0.5, 0.6) is 5.75 Å². The number of nitrogens with one attached hydrogen (secondary N) is 2. The van der Waals surface area contributed by atoms with E-state index < -0.39 is 11.5 Å². The molecule has 4 rings (SSSR count). The summed E-state index contributed by atoms with van der Waals surface area (Å²) in [7, 11) is 1.55. The SMILES string of the molecule is COc1ccc(C(=O)N/N=C/c2[nH]n(-c3ccccc3)c(=O)c2N=Nc2ccccc2)cc1. The minimum atomic E-state index is -0.411. The van der Waals surface area contributed by atoms with Crippen LogP contribution in [0.1, 0.15) is 16.1 Å². The number of carbonyl (C=O) groups excluding carboxylic acids is 1. The topological polar surface area (TPSA) is 113 Å². The van der Waals surface area contributed by atoms with E-state index in [0.717, 1.165) is 0 Å². The lowest BCUT2D eigenvalue weighted by atomic mass is 10.2. The first kappa shape index (κ1) is 21.4. The van der Waals surface area contributed by atoms with Gasteiger partial charge in [0, 0.05) is 5.56 Å². The normalized spacial score (nSPS) is 11.2. The maximum Gasteiger partial charge on any atom is 0.299 e. The van der Waals surface area contributed by atoms with Crippen LogP contribution >= 0.6 is 0 Å². The second-order valence-corrected chi connectivity index (χ2v) is 6.81. The van der Waals surface area contributed by atoms with E-state index in [1.54, 1.807) is 55.6 Å². The largest absolute Gasteiger partial charge is 0.497 e. The van der Waals surface area contributed by atoms with Gasteiger partial charge in [-0.1, -0.05) is 36.4 Å². The molecule has 0 atom stereocenters. The lowest BCUT2D eigenvalue weighted by Gasteiger charge is -2.02. The van der Waals surface area contributed by atoms with E-state index >= 15 is 0 Å². The van der Waals surface area contributed by atoms with E-state index in [2.05, 4.69) is 25.9 Å². The number of carbonyl (C=O) groups is 1. The molecule has 33 heavy (non-hydrogen) atoms. The number of H-pyrrole nitrogens is 1. The molecule has 9 heteroatoms. The number of aromatic amines is 1. The molecule has 0 bridgehead atoms. The summed E-state index contributed by atoms with van der Waals surface area (Å²) in [5, 5.41) is 15.2.